The molecule has 112 valence electrons. The monoisotopic (exact) mass is 351 g/mol. The Hall–Kier alpha value is -1.82. The number of nitrogen functional groups attached to an aromatic ring is 1. The van der Waals surface area contributed by atoms with Gasteiger partial charge in [0.15, 0.2) is 5.78 Å². The third-order valence-electron chi connectivity index (χ3n) is 3.42. The number of carbonyl (C=O) groups is 1. The molecule has 0 aliphatic rings. The van der Waals surface area contributed by atoms with Crippen LogP contribution in [-0.2, 0) is 19.9 Å². The molecule has 0 fully saturated rings. The maximum atomic E-state index is 12.5. The lowest BCUT2D eigenvalue weighted by molar-refractivity contribution is 0.0991. The van der Waals surface area contributed by atoms with Crippen LogP contribution in [0.2, 0.25) is 0 Å². The van der Waals surface area contributed by atoms with Crippen molar-refractivity contribution in [1.29, 1.82) is 0 Å². The van der Waals surface area contributed by atoms with E-state index >= 15 is 0 Å². The van der Waals surface area contributed by atoms with Gasteiger partial charge in [-0.25, -0.2) is 0 Å². The van der Waals surface area contributed by atoms with E-state index in [4.69, 9.17) is 10.5 Å². The number of ketones is 1. The van der Waals surface area contributed by atoms with Crippen LogP contribution < -0.4 is 10.5 Å². The summed E-state index contributed by atoms with van der Waals surface area (Å²) < 4.78 is 7.78. The lowest BCUT2D eigenvalue weighted by Crippen LogP contribution is -2.11. The van der Waals surface area contributed by atoms with Gasteiger partial charge < -0.3 is 10.5 Å². The normalized spacial score (nSPS) is 10.7. The Bertz CT molecular complexity index is 680. The number of benzene rings is 1. The molecule has 6 heteroatoms. The summed E-state index contributed by atoms with van der Waals surface area (Å²) in [6, 6.07) is 5.21. The number of rotatable bonds is 5. The van der Waals surface area contributed by atoms with Crippen molar-refractivity contribution in [2.24, 2.45) is 7.05 Å². The van der Waals surface area contributed by atoms with Crippen LogP contribution in [0.4, 0.5) is 5.69 Å². The first-order chi connectivity index (χ1) is 9.99. The zero-order valence-corrected chi connectivity index (χ0v) is 13.9. The van der Waals surface area contributed by atoms with E-state index in [2.05, 4.69) is 21.0 Å². The highest BCUT2D eigenvalue weighted by atomic mass is 79.9. The number of hydrogen-bond donors (Lipinski definition) is 1. The minimum absolute atomic E-state index is 0.0576. The second kappa shape index (κ2) is 6.30. The quantitative estimate of drug-likeness (QED) is 0.664. The molecule has 0 spiro atoms. The Labute approximate surface area is 132 Å². The average molecular weight is 352 g/mol. The zero-order valence-electron chi connectivity index (χ0n) is 12.3. The van der Waals surface area contributed by atoms with E-state index in [1.165, 1.54) is 7.11 Å². The van der Waals surface area contributed by atoms with Crippen LogP contribution in [0.15, 0.2) is 22.7 Å². The first-order valence-electron chi connectivity index (χ1n) is 6.65. The summed E-state index contributed by atoms with van der Waals surface area (Å²) >= 11 is 3.52. The Morgan fingerprint density at radius 1 is 1.48 bits per heavy atom. The number of carbonyl (C=O) groups excluding carboxylic acids is 1. The van der Waals surface area contributed by atoms with Crippen molar-refractivity contribution in [3.05, 3.63) is 39.6 Å². The first-order valence-corrected chi connectivity index (χ1v) is 7.44. The fraction of sp³-hybridized carbons (Fsp3) is 0.333. The van der Waals surface area contributed by atoms with Gasteiger partial charge in [0.05, 0.1) is 35.1 Å². The van der Waals surface area contributed by atoms with Crippen LogP contribution in [0, 0.1) is 0 Å². The van der Waals surface area contributed by atoms with Gasteiger partial charge in [0.1, 0.15) is 5.75 Å². The highest BCUT2D eigenvalue weighted by molar-refractivity contribution is 9.10. The maximum Gasteiger partial charge on any atom is 0.171 e. The molecule has 0 unspecified atom stereocenters. The van der Waals surface area contributed by atoms with Crippen molar-refractivity contribution in [3.8, 4) is 5.75 Å². The predicted octanol–water partition coefficient (Wildman–Crippen LogP) is 2.76. The van der Waals surface area contributed by atoms with Gasteiger partial charge in [-0.1, -0.05) is 13.0 Å². The summed E-state index contributed by atoms with van der Waals surface area (Å²) in [6.07, 6.45) is 1.05. The van der Waals surface area contributed by atoms with E-state index in [1.54, 1.807) is 22.9 Å². The number of ether oxygens (including phenoxy) is 1. The van der Waals surface area contributed by atoms with Crippen molar-refractivity contribution in [2.45, 2.75) is 19.8 Å². The third kappa shape index (κ3) is 2.95. The van der Waals surface area contributed by atoms with E-state index in [9.17, 15) is 4.79 Å². The van der Waals surface area contributed by atoms with Gasteiger partial charge in [0, 0.05) is 12.6 Å². The number of para-hydroxylation sites is 1. The Morgan fingerprint density at radius 3 is 2.76 bits per heavy atom. The molecule has 1 aromatic carbocycles. The lowest BCUT2D eigenvalue weighted by Gasteiger charge is -2.09. The van der Waals surface area contributed by atoms with Crippen molar-refractivity contribution >= 4 is 27.4 Å². The molecule has 0 bridgehead atoms. The molecular weight excluding hydrogens is 334 g/mol. The summed E-state index contributed by atoms with van der Waals surface area (Å²) in [5.41, 5.74) is 8.61. The number of aryl methyl sites for hydroxylation is 2. The molecule has 1 heterocycles. The van der Waals surface area contributed by atoms with Crippen molar-refractivity contribution in [1.82, 2.24) is 9.78 Å². The molecule has 0 amide bonds. The van der Waals surface area contributed by atoms with E-state index in [-0.39, 0.29) is 12.2 Å². The highest BCUT2D eigenvalue weighted by Crippen LogP contribution is 2.28. The predicted molar refractivity (Wildman–Crippen MR) is 85.7 cm³/mol. The van der Waals surface area contributed by atoms with Gasteiger partial charge in [-0.3, -0.25) is 9.48 Å². The van der Waals surface area contributed by atoms with Crippen LogP contribution in [0.25, 0.3) is 0 Å². The SMILES string of the molecule is CCc1nn(C)c(CC(=O)c2cccc(OC)c2N)c1Br. The fourth-order valence-corrected chi connectivity index (χ4v) is 2.98. The number of aromatic nitrogens is 2. The van der Waals surface area contributed by atoms with Crippen LogP contribution in [-0.4, -0.2) is 22.7 Å². The molecule has 5 nitrogen and oxygen atoms in total. The van der Waals surface area contributed by atoms with E-state index < -0.39 is 0 Å². The molecule has 0 saturated carbocycles. The number of methoxy groups -OCH3 is 1. The van der Waals surface area contributed by atoms with Gasteiger partial charge in [0.2, 0.25) is 0 Å². The van der Waals surface area contributed by atoms with E-state index in [0.717, 1.165) is 22.3 Å². The number of halogens is 1. The van der Waals surface area contributed by atoms with Gasteiger partial charge in [-0.2, -0.15) is 5.10 Å². The molecule has 0 atom stereocenters. The van der Waals surface area contributed by atoms with Gasteiger partial charge in [-0.15, -0.1) is 0 Å². The zero-order chi connectivity index (χ0) is 15.6. The molecule has 2 aromatic rings. The highest BCUT2D eigenvalue weighted by Gasteiger charge is 2.19. The Morgan fingerprint density at radius 2 is 2.19 bits per heavy atom. The second-order valence-electron chi connectivity index (χ2n) is 4.71. The summed E-state index contributed by atoms with van der Waals surface area (Å²) in [4.78, 5) is 12.5. The molecule has 0 aliphatic heterocycles. The maximum absolute atomic E-state index is 12.5. The molecule has 2 N–H and O–H groups in total. The summed E-state index contributed by atoms with van der Waals surface area (Å²) in [7, 11) is 3.37. The van der Waals surface area contributed by atoms with Crippen LogP contribution in [0.5, 0.6) is 5.75 Å². The molecule has 1 aromatic heterocycles. The molecule has 0 aliphatic carbocycles. The Kier molecular flexibility index (Phi) is 4.67. The third-order valence-corrected chi connectivity index (χ3v) is 4.33. The molecular formula is C15H18BrN3O2. The molecule has 0 radical (unpaired) electrons. The van der Waals surface area contributed by atoms with E-state index in [1.807, 2.05) is 14.0 Å². The number of hydrogen-bond acceptors (Lipinski definition) is 4. The largest absolute Gasteiger partial charge is 0.495 e. The van der Waals surface area contributed by atoms with Gasteiger partial charge in [0.25, 0.3) is 0 Å². The van der Waals surface area contributed by atoms with Crippen molar-refractivity contribution < 1.29 is 9.53 Å². The number of nitrogens with two attached hydrogens (primary N) is 1. The fourth-order valence-electron chi connectivity index (χ4n) is 2.22. The van der Waals surface area contributed by atoms with Gasteiger partial charge in [-0.05, 0) is 34.5 Å². The summed E-state index contributed by atoms with van der Waals surface area (Å²) in [5.74, 6) is 0.455. The lowest BCUT2D eigenvalue weighted by atomic mass is 10.0. The topological polar surface area (TPSA) is 70.1 Å². The summed E-state index contributed by atoms with van der Waals surface area (Å²) in [5, 5.41) is 4.39. The van der Waals surface area contributed by atoms with Crippen LogP contribution >= 0.6 is 15.9 Å². The number of Topliss-reactive ketones (excluding diaryl/α,β-unsaturated/α-hetero) is 1. The number of anilines is 1. The standard InChI is InChI=1S/C15H18BrN3O2/c1-4-10-14(16)11(19(2)18-10)8-12(20)9-6-5-7-13(21-3)15(9)17/h5-7H,4,8,17H2,1-3H3. The van der Waals surface area contributed by atoms with E-state index in [0.29, 0.717) is 17.0 Å². The molecule has 21 heavy (non-hydrogen) atoms. The summed E-state index contributed by atoms with van der Waals surface area (Å²) in [6.45, 7) is 2.03. The minimum Gasteiger partial charge on any atom is -0.495 e. The average Bonchev–Trinajstić information content (AvgIpc) is 2.74. The Balaban J connectivity index is 2.33. The van der Waals surface area contributed by atoms with Crippen LogP contribution in [0.3, 0.4) is 0 Å². The van der Waals surface area contributed by atoms with Gasteiger partial charge >= 0.3 is 0 Å². The molecule has 2 rings (SSSR count). The first kappa shape index (κ1) is 15.6. The number of nitrogens with zero attached hydrogens (tertiary/aromatic N) is 2. The minimum atomic E-state index is -0.0576. The van der Waals surface area contributed by atoms with Crippen LogP contribution in [0.1, 0.15) is 28.7 Å². The second-order valence-corrected chi connectivity index (χ2v) is 5.50. The van der Waals surface area contributed by atoms with Crippen molar-refractivity contribution in [3.63, 3.8) is 0 Å². The van der Waals surface area contributed by atoms with Crippen molar-refractivity contribution in [2.75, 3.05) is 12.8 Å². The molecule has 0 saturated heterocycles. The smallest absolute Gasteiger partial charge is 0.171 e.